The van der Waals surface area contributed by atoms with Gasteiger partial charge in [-0.3, -0.25) is 4.79 Å². The maximum Gasteiger partial charge on any atom is 0.249 e. The van der Waals surface area contributed by atoms with Crippen molar-refractivity contribution in [1.82, 2.24) is 5.32 Å². The summed E-state index contributed by atoms with van der Waals surface area (Å²) in [6, 6.07) is 8.27. The SMILES string of the molecule is CC(O)C(=O)NC1CCC(C)(C)c2ccccc21. The van der Waals surface area contributed by atoms with Crippen LogP contribution in [0.5, 0.6) is 0 Å². The predicted octanol–water partition coefficient (Wildman–Crippen LogP) is 2.30. The van der Waals surface area contributed by atoms with E-state index in [1.165, 1.54) is 18.1 Å². The highest BCUT2D eigenvalue weighted by Gasteiger charge is 2.33. The lowest BCUT2D eigenvalue weighted by molar-refractivity contribution is -0.129. The second-order valence-corrected chi connectivity index (χ2v) is 5.75. The Bertz CT molecular complexity index is 452. The smallest absolute Gasteiger partial charge is 0.249 e. The van der Waals surface area contributed by atoms with E-state index in [2.05, 4.69) is 31.3 Å². The van der Waals surface area contributed by atoms with Gasteiger partial charge in [-0.2, -0.15) is 0 Å². The van der Waals surface area contributed by atoms with E-state index >= 15 is 0 Å². The number of rotatable bonds is 2. The topological polar surface area (TPSA) is 49.3 Å². The van der Waals surface area contributed by atoms with Gasteiger partial charge in [-0.1, -0.05) is 38.1 Å². The summed E-state index contributed by atoms with van der Waals surface area (Å²) in [4.78, 5) is 11.6. The van der Waals surface area contributed by atoms with E-state index in [0.29, 0.717) is 0 Å². The molecule has 3 heteroatoms. The molecular formula is C15H21NO2. The molecule has 1 aliphatic rings. The van der Waals surface area contributed by atoms with Crippen LogP contribution in [-0.2, 0) is 10.2 Å². The van der Waals surface area contributed by atoms with E-state index in [0.717, 1.165) is 12.8 Å². The molecule has 2 unspecified atom stereocenters. The lowest BCUT2D eigenvalue weighted by Crippen LogP contribution is -2.39. The normalized spacial score (nSPS) is 23.0. The largest absolute Gasteiger partial charge is 0.384 e. The number of carbonyl (C=O) groups excluding carboxylic acids is 1. The molecule has 0 saturated carbocycles. The van der Waals surface area contributed by atoms with Gasteiger partial charge in [0.15, 0.2) is 0 Å². The minimum absolute atomic E-state index is 0.0244. The van der Waals surface area contributed by atoms with Crippen LogP contribution in [0.1, 0.15) is 50.8 Å². The lowest BCUT2D eigenvalue weighted by atomic mass is 9.71. The fourth-order valence-corrected chi connectivity index (χ4v) is 2.65. The van der Waals surface area contributed by atoms with Crippen molar-refractivity contribution >= 4 is 5.91 Å². The van der Waals surface area contributed by atoms with Crippen LogP contribution in [0.25, 0.3) is 0 Å². The third kappa shape index (κ3) is 2.41. The second kappa shape index (κ2) is 4.73. The van der Waals surface area contributed by atoms with Crippen LogP contribution in [0.3, 0.4) is 0 Å². The van der Waals surface area contributed by atoms with Crippen LogP contribution in [0.2, 0.25) is 0 Å². The van der Waals surface area contributed by atoms with Crippen LogP contribution in [0.15, 0.2) is 24.3 Å². The van der Waals surface area contributed by atoms with Crippen molar-refractivity contribution < 1.29 is 9.90 Å². The van der Waals surface area contributed by atoms with E-state index in [9.17, 15) is 9.90 Å². The van der Waals surface area contributed by atoms with Gasteiger partial charge in [-0.15, -0.1) is 0 Å². The molecule has 2 N–H and O–H groups in total. The average Bonchev–Trinajstić information content (AvgIpc) is 2.33. The molecule has 3 nitrogen and oxygen atoms in total. The van der Waals surface area contributed by atoms with Crippen molar-refractivity contribution in [3.8, 4) is 0 Å². The summed E-state index contributed by atoms with van der Waals surface area (Å²) in [6.07, 6.45) is 1.00. The first-order chi connectivity index (χ1) is 8.42. The molecule has 2 rings (SSSR count). The van der Waals surface area contributed by atoms with Gasteiger partial charge in [0.05, 0.1) is 6.04 Å². The summed E-state index contributed by atoms with van der Waals surface area (Å²) in [5.74, 6) is -0.297. The van der Waals surface area contributed by atoms with Gasteiger partial charge in [0.2, 0.25) is 5.91 Å². The molecule has 1 aliphatic carbocycles. The highest BCUT2D eigenvalue weighted by atomic mass is 16.3. The molecule has 1 aromatic rings. The molecule has 0 spiro atoms. The first-order valence-electron chi connectivity index (χ1n) is 6.49. The number of benzene rings is 1. The zero-order chi connectivity index (χ0) is 13.3. The monoisotopic (exact) mass is 247 g/mol. The maximum atomic E-state index is 11.6. The fourth-order valence-electron chi connectivity index (χ4n) is 2.65. The Labute approximate surface area is 108 Å². The van der Waals surface area contributed by atoms with Gasteiger partial charge < -0.3 is 10.4 Å². The Kier molecular flexibility index (Phi) is 3.44. The van der Waals surface area contributed by atoms with Crippen molar-refractivity contribution in [2.45, 2.75) is 51.2 Å². The number of fused-ring (bicyclic) bond motifs is 1. The number of nitrogens with one attached hydrogen (secondary N) is 1. The number of carbonyl (C=O) groups is 1. The van der Waals surface area contributed by atoms with Crippen molar-refractivity contribution in [2.24, 2.45) is 0 Å². The molecule has 2 atom stereocenters. The molecule has 0 aromatic heterocycles. The first kappa shape index (κ1) is 13.1. The summed E-state index contributed by atoms with van der Waals surface area (Å²) in [6.45, 7) is 5.96. The van der Waals surface area contributed by atoms with Crippen molar-refractivity contribution in [1.29, 1.82) is 0 Å². The van der Waals surface area contributed by atoms with E-state index < -0.39 is 6.10 Å². The van der Waals surface area contributed by atoms with Gasteiger partial charge in [0, 0.05) is 0 Å². The van der Waals surface area contributed by atoms with E-state index in [4.69, 9.17) is 0 Å². The van der Waals surface area contributed by atoms with Crippen LogP contribution in [0, 0.1) is 0 Å². The van der Waals surface area contributed by atoms with Crippen molar-refractivity contribution in [3.05, 3.63) is 35.4 Å². The Morgan fingerprint density at radius 1 is 1.44 bits per heavy atom. The standard InChI is InChI=1S/C15H21NO2/c1-10(17)14(18)16-13-8-9-15(2,3)12-7-5-4-6-11(12)13/h4-7,10,13,17H,8-9H2,1-3H3,(H,16,18). The summed E-state index contributed by atoms with van der Waals surface area (Å²) in [7, 11) is 0. The van der Waals surface area contributed by atoms with Gasteiger partial charge >= 0.3 is 0 Å². The fraction of sp³-hybridized carbons (Fsp3) is 0.533. The molecule has 0 saturated heterocycles. The predicted molar refractivity (Wildman–Crippen MR) is 71.3 cm³/mol. The molecule has 18 heavy (non-hydrogen) atoms. The van der Waals surface area contributed by atoms with Crippen LogP contribution in [0.4, 0.5) is 0 Å². The Morgan fingerprint density at radius 3 is 2.78 bits per heavy atom. The van der Waals surface area contributed by atoms with Gasteiger partial charge in [0.1, 0.15) is 6.10 Å². The average molecular weight is 247 g/mol. The zero-order valence-electron chi connectivity index (χ0n) is 11.2. The Morgan fingerprint density at radius 2 is 2.11 bits per heavy atom. The molecule has 1 aromatic carbocycles. The van der Waals surface area contributed by atoms with Gasteiger partial charge in [0.25, 0.3) is 0 Å². The Hall–Kier alpha value is -1.35. The highest BCUT2D eigenvalue weighted by molar-refractivity contribution is 5.80. The van der Waals surface area contributed by atoms with Crippen molar-refractivity contribution in [2.75, 3.05) is 0 Å². The second-order valence-electron chi connectivity index (χ2n) is 5.75. The number of aliphatic hydroxyl groups is 1. The van der Waals surface area contributed by atoms with Gasteiger partial charge in [-0.25, -0.2) is 0 Å². The number of hydrogen-bond donors (Lipinski definition) is 2. The van der Waals surface area contributed by atoms with E-state index in [1.807, 2.05) is 12.1 Å². The highest BCUT2D eigenvalue weighted by Crippen LogP contribution is 2.41. The minimum Gasteiger partial charge on any atom is -0.384 e. The molecule has 0 fully saturated rings. The van der Waals surface area contributed by atoms with E-state index in [1.54, 1.807) is 0 Å². The van der Waals surface area contributed by atoms with Crippen molar-refractivity contribution in [3.63, 3.8) is 0 Å². The Balaban J connectivity index is 2.29. The quantitative estimate of drug-likeness (QED) is 0.842. The molecule has 0 heterocycles. The minimum atomic E-state index is -0.952. The number of amides is 1. The third-order valence-corrected chi connectivity index (χ3v) is 3.82. The van der Waals surface area contributed by atoms with Crippen LogP contribution >= 0.6 is 0 Å². The third-order valence-electron chi connectivity index (χ3n) is 3.82. The molecule has 1 amide bonds. The van der Waals surface area contributed by atoms with Crippen LogP contribution < -0.4 is 5.32 Å². The zero-order valence-corrected chi connectivity index (χ0v) is 11.2. The number of hydrogen-bond acceptors (Lipinski definition) is 2. The maximum absolute atomic E-state index is 11.6. The lowest BCUT2D eigenvalue weighted by Gasteiger charge is -2.37. The van der Waals surface area contributed by atoms with E-state index in [-0.39, 0.29) is 17.4 Å². The summed E-state index contributed by atoms with van der Waals surface area (Å²) in [5, 5.41) is 12.2. The van der Waals surface area contributed by atoms with Gasteiger partial charge in [-0.05, 0) is 36.3 Å². The molecule has 0 aliphatic heterocycles. The summed E-state index contributed by atoms with van der Waals surface area (Å²) < 4.78 is 0. The summed E-state index contributed by atoms with van der Waals surface area (Å²) >= 11 is 0. The van der Waals surface area contributed by atoms with Crippen LogP contribution in [-0.4, -0.2) is 17.1 Å². The molecule has 98 valence electrons. The molecule has 0 bridgehead atoms. The molecule has 0 radical (unpaired) electrons. The molecular weight excluding hydrogens is 226 g/mol. The first-order valence-corrected chi connectivity index (χ1v) is 6.49. The number of aliphatic hydroxyl groups excluding tert-OH is 1. The summed E-state index contributed by atoms with van der Waals surface area (Å²) in [5.41, 5.74) is 2.64.